The van der Waals surface area contributed by atoms with E-state index in [1.807, 2.05) is 30.3 Å². The number of hydrogen-bond donors (Lipinski definition) is 0. The topological polar surface area (TPSA) is 21.7 Å². The van der Waals surface area contributed by atoms with E-state index in [9.17, 15) is 0 Å². The normalized spacial score (nSPS) is 12.1. The molecule has 3 heteroatoms. The third kappa shape index (κ3) is 10.7. The maximum absolute atomic E-state index is 6.08. The summed E-state index contributed by atoms with van der Waals surface area (Å²) in [6.45, 7) is 16.5. The fourth-order valence-corrected chi connectivity index (χ4v) is 2.97. The van der Waals surface area contributed by atoms with Crippen molar-refractivity contribution in [3.8, 4) is 17.6 Å². The molecule has 0 heterocycles. The van der Waals surface area contributed by atoms with Crippen LogP contribution in [0.15, 0.2) is 66.7 Å². The predicted octanol–water partition coefficient (Wildman–Crippen LogP) is 6.49. The first-order valence-electron chi connectivity index (χ1n) is 11.5. The van der Waals surface area contributed by atoms with E-state index in [-0.39, 0.29) is 11.0 Å². The second-order valence-electron chi connectivity index (χ2n) is 9.72. The van der Waals surface area contributed by atoms with Gasteiger partial charge in [0.2, 0.25) is 0 Å². The molecule has 0 saturated carbocycles. The Kier molecular flexibility index (Phi) is 10.0. The minimum Gasteiger partial charge on any atom is -0.491 e. The van der Waals surface area contributed by atoms with Crippen LogP contribution in [-0.4, -0.2) is 30.2 Å². The molecule has 0 aliphatic carbocycles. The molecule has 2 aromatic carbocycles. The summed E-state index contributed by atoms with van der Waals surface area (Å²) in [4.78, 5) is 2.38. The van der Waals surface area contributed by atoms with Gasteiger partial charge >= 0.3 is 0 Å². The molecule has 0 aliphatic heterocycles. The van der Waals surface area contributed by atoms with Gasteiger partial charge in [0.25, 0.3) is 0 Å². The zero-order valence-electron chi connectivity index (χ0n) is 20.7. The van der Waals surface area contributed by atoms with Gasteiger partial charge in [0.1, 0.15) is 12.4 Å². The number of nitrogens with zero attached hydrogens (tertiary/aromatic N) is 1. The van der Waals surface area contributed by atoms with Gasteiger partial charge < -0.3 is 9.47 Å². The molecule has 0 aromatic heterocycles. The van der Waals surface area contributed by atoms with Crippen molar-refractivity contribution in [3.63, 3.8) is 0 Å². The van der Waals surface area contributed by atoms with E-state index < -0.39 is 0 Å². The number of rotatable bonds is 11. The van der Waals surface area contributed by atoms with Crippen LogP contribution in [0, 0.1) is 17.3 Å². The van der Waals surface area contributed by atoms with E-state index in [0.29, 0.717) is 13.2 Å². The fourth-order valence-electron chi connectivity index (χ4n) is 2.97. The molecular formula is C29H39NO2. The summed E-state index contributed by atoms with van der Waals surface area (Å²) in [7, 11) is 0. The molecule has 0 N–H and O–H groups in total. The summed E-state index contributed by atoms with van der Waals surface area (Å²) in [6, 6.07) is 18.6. The van der Waals surface area contributed by atoms with Gasteiger partial charge in [0, 0.05) is 18.5 Å². The number of hydrogen-bond acceptors (Lipinski definition) is 3. The molecule has 32 heavy (non-hydrogen) atoms. The summed E-state index contributed by atoms with van der Waals surface area (Å²) >= 11 is 0. The Morgan fingerprint density at radius 3 is 2.34 bits per heavy atom. The fraction of sp³-hybridized carbons (Fsp3) is 0.448. The Hall–Kier alpha value is -2.54. The van der Waals surface area contributed by atoms with Gasteiger partial charge in [-0.05, 0) is 70.5 Å². The molecule has 0 aliphatic rings. The van der Waals surface area contributed by atoms with Crippen LogP contribution in [0.2, 0.25) is 0 Å². The van der Waals surface area contributed by atoms with Crippen molar-refractivity contribution in [2.45, 2.75) is 60.3 Å². The minimum absolute atomic E-state index is 0.0381. The molecule has 0 fully saturated rings. The molecular weight excluding hydrogens is 394 g/mol. The van der Waals surface area contributed by atoms with Crippen LogP contribution in [-0.2, 0) is 17.9 Å². The van der Waals surface area contributed by atoms with Gasteiger partial charge in [-0.25, -0.2) is 0 Å². The van der Waals surface area contributed by atoms with Gasteiger partial charge in [-0.1, -0.05) is 67.3 Å². The summed E-state index contributed by atoms with van der Waals surface area (Å²) in [5.41, 5.74) is 2.07. The van der Waals surface area contributed by atoms with Crippen molar-refractivity contribution >= 4 is 0 Å². The van der Waals surface area contributed by atoms with Gasteiger partial charge in [-0.3, -0.25) is 4.90 Å². The quantitative estimate of drug-likeness (QED) is 0.378. The zero-order valence-corrected chi connectivity index (χ0v) is 20.7. The van der Waals surface area contributed by atoms with E-state index in [0.717, 1.165) is 25.4 Å². The molecule has 0 radical (unpaired) electrons. The lowest BCUT2D eigenvalue weighted by Gasteiger charge is -2.26. The van der Waals surface area contributed by atoms with Crippen LogP contribution >= 0.6 is 0 Å². The molecule has 0 amide bonds. The minimum atomic E-state index is -0.375. The highest BCUT2D eigenvalue weighted by Gasteiger charge is 2.20. The zero-order chi connectivity index (χ0) is 23.5. The maximum Gasteiger partial charge on any atom is 0.119 e. The lowest BCUT2D eigenvalue weighted by Crippen LogP contribution is -2.32. The van der Waals surface area contributed by atoms with Crippen LogP contribution < -0.4 is 4.74 Å². The van der Waals surface area contributed by atoms with Crippen molar-refractivity contribution in [2.75, 3.05) is 19.7 Å². The van der Waals surface area contributed by atoms with E-state index >= 15 is 0 Å². The smallest absolute Gasteiger partial charge is 0.119 e. The van der Waals surface area contributed by atoms with E-state index in [1.165, 1.54) is 11.1 Å². The Morgan fingerprint density at radius 1 is 0.938 bits per heavy atom. The monoisotopic (exact) mass is 433 g/mol. The highest BCUT2D eigenvalue weighted by molar-refractivity contribution is 5.28. The van der Waals surface area contributed by atoms with Crippen molar-refractivity contribution < 1.29 is 9.47 Å². The van der Waals surface area contributed by atoms with E-state index in [1.54, 1.807) is 0 Å². The van der Waals surface area contributed by atoms with Crippen LogP contribution in [0.3, 0.4) is 0 Å². The highest BCUT2D eigenvalue weighted by Crippen LogP contribution is 2.19. The van der Waals surface area contributed by atoms with Crippen LogP contribution in [0.4, 0.5) is 0 Å². The molecule has 0 spiro atoms. The molecule has 0 saturated heterocycles. The lowest BCUT2D eigenvalue weighted by atomic mass is 9.98. The molecule has 0 bridgehead atoms. The van der Waals surface area contributed by atoms with Gasteiger partial charge in [0.15, 0.2) is 0 Å². The lowest BCUT2D eigenvalue weighted by molar-refractivity contribution is -0.0569. The largest absolute Gasteiger partial charge is 0.491 e. The van der Waals surface area contributed by atoms with Gasteiger partial charge in [0.05, 0.1) is 12.2 Å². The van der Waals surface area contributed by atoms with E-state index in [2.05, 4.69) is 94.7 Å². The van der Waals surface area contributed by atoms with Crippen LogP contribution in [0.25, 0.3) is 0 Å². The standard InChI is InChI=1S/C29H39NO2/c1-7-30(20-13-9-12-19-28(2,3)4)22-26-17-14-18-27(21-26)31-24-29(5,6)32-23-25-15-10-8-11-16-25/h8-11,13-18,21H,7,20,22-24H2,1-6H3/b13-9+. The third-order valence-electron chi connectivity index (χ3n) is 4.82. The second kappa shape index (κ2) is 12.5. The number of benzene rings is 2. The van der Waals surface area contributed by atoms with Crippen molar-refractivity contribution in [2.24, 2.45) is 5.41 Å². The predicted molar refractivity (Wildman–Crippen MR) is 135 cm³/mol. The van der Waals surface area contributed by atoms with Crippen molar-refractivity contribution in [3.05, 3.63) is 77.9 Å². The molecule has 2 rings (SSSR count). The van der Waals surface area contributed by atoms with Gasteiger partial charge in [-0.15, -0.1) is 0 Å². The van der Waals surface area contributed by atoms with Crippen LogP contribution in [0.1, 0.15) is 52.7 Å². The Bertz CT molecular complexity index is 898. The summed E-state index contributed by atoms with van der Waals surface area (Å²) in [5, 5.41) is 0. The third-order valence-corrected chi connectivity index (χ3v) is 4.82. The first-order chi connectivity index (χ1) is 15.2. The summed E-state index contributed by atoms with van der Waals surface area (Å²) in [6.07, 6.45) is 4.10. The Morgan fingerprint density at radius 2 is 1.66 bits per heavy atom. The molecule has 3 nitrogen and oxygen atoms in total. The number of allylic oxidation sites excluding steroid dienone is 1. The first kappa shape index (κ1) is 25.7. The summed E-state index contributed by atoms with van der Waals surface area (Å²) in [5.74, 6) is 7.25. The Balaban J connectivity index is 1.86. The van der Waals surface area contributed by atoms with E-state index in [4.69, 9.17) is 9.47 Å². The Labute approximate surface area is 195 Å². The first-order valence-corrected chi connectivity index (χ1v) is 11.5. The van der Waals surface area contributed by atoms with Crippen molar-refractivity contribution in [1.29, 1.82) is 0 Å². The average Bonchev–Trinajstić information content (AvgIpc) is 2.76. The maximum atomic E-state index is 6.08. The number of ether oxygens (including phenoxy) is 2. The summed E-state index contributed by atoms with van der Waals surface area (Å²) < 4.78 is 12.2. The molecule has 172 valence electrons. The average molecular weight is 434 g/mol. The second-order valence-corrected chi connectivity index (χ2v) is 9.72. The highest BCUT2D eigenvalue weighted by atomic mass is 16.5. The molecule has 0 atom stereocenters. The SMILES string of the molecule is CCN(C/C=C/C#CC(C)(C)C)Cc1cccc(OCC(C)(C)OCc2ccccc2)c1. The van der Waals surface area contributed by atoms with Crippen LogP contribution in [0.5, 0.6) is 5.75 Å². The molecule has 2 aromatic rings. The molecule has 0 unspecified atom stereocenters. The van der Waals surface area contributed by atoms with Gasteiger partial charge in [-0.2, -0.15) is 0 Å². The number of likely N-dealkylation sites (N-methyl/N-ethyl adjacent to an activating group) is 1. The van der Waals surface area contributed by atoms with Crippen molar-refractivity contribution in [1.82, 2.24) is 4.90 Å².